The first-order chi connectivity index (χ1) is 14.8. The van der Waals surface area contributed by atoms with Crippen LogP contribution in [0.5, 0.6) is 0 Å². The second-order valence-corrected chi connectivity index (χ2v) is 6.44. The van der Waals surface area contributed by atoms with Crippen molar-refractivity contribution in [1.29, 1.82) is 0 Å². The second kappa shape index (κ2) is 9.41. The number of amides is 1. The molecule has 0 radical (unpaired) electrons. The third kappa shape index (κ3) is 5.91. The lowest BCUT2D eigenvalue weighted by Gasteiger charge is -2.06. The van der Waals surface area contributed by atoms with Crippen molar-refractivity contribution < 1.29 is 32.0 Å². The van der Waals surface area contributed by atoms with Gasteiger partial charge in [0.1, 0.15) is 0 Å². The van der Waals surface area contributed by atoms with E-state index in [0.29, 0.717) is 11.3 Å². The third-order valence-corrected chi connectivity index (χ3v) is 4.16. The molecule has 0 aliphatic heterocycles. The number of carbonyl (C=O) groups excluding carboxylic acids is 2. The molecule has 2 aromatic carbocycles. The summed E-state index contributed by atoms with van der Waals surface area (Å²) in [4.78, 5) is 27.8. The molecule has 0 bridgehead atoms. The monoisotopic (exact) mass is 433 g/mol. The van der Waals surface area contributed by atoms with Crippen LogP contribution in [0.2, 0.25) is 0 Å². The molecule has 0 saturated heterocycles. The summed E-state index contributed by atoms with van der Waals surface area (Å²) in [6.07, 6.45) is -4.35. The first-order valence-corrected chi connectivity index (χ1v) is 9.33. The van der Waals surface area contributed by atoms with Crippen molar-refractivity contribution in [2.75, 3.05) is 11.9 Å². The summed E-state index contributed by atoms with van der Waals surface area (Å²) >= 11 is 0. The lowest BCUT2D eigenvalue weighted by molar-refractivity contribution is -0.137. The first kappa shape index (κ1) is 22.0. The van der Waals surface area contributed by atoms with Crippen molar-refractivity contribution in [3.8, 4) is 11.4 Å². The van der Waals surface area contributed by atoms with Crippen LogP contribution in [-0.4, -0.2) is 28.6 Å². The van der Waals surface area contributed by atoms with E-state index < -0.39 is 17.7 Å². The van der Waals surface area contributed by atoms with E-state index in [1.165, 1.54) is 24.3 Å². The van der Waals surface area contributed by atoms with Gasteiger partial charge in [0, 0.05) is 24.1 Å². The number of esters is 1. The summed E-state index contributed by atoms with van der Waals surface area (Å²) in [7, 11) is 0. The molecule has 0 unspecified atom stereocenters. The highest BCUT2D eigenvalue weighted by Crippen LogP contribution is 2.31. The average Bonchev–Trinajstić information content (AvgIpc) is 3.22. The molecule has 10 heteroatoms. The number of aromatic nitrogens is 2. The van der Waals surface area contributed by atoms with Crippen LogP contribution in [-0.2, 0) is 22.1 Å². The molecule has 1 amide bonds. The number of carbonyl (C=O) groups is 2. The molecule has 0 fully saturated rings. The Hall–Kier alpha value is -3.69. The SMILES string of the molecule is CCOC(=O)c1ccc(NC(=O)CCc2nc(-c3cccc(C(F)(F)F)c3)no2)cc1. The van der Waals surface area contributed by atoms with Crippen LogP contribution in [0.1, 0.15) is 35.2 Å². The zero-order chi connectivity index (χ0) is 22.4. The fraction of sp³-hybridized carbons (Fsp3) is 0.238. The van der Waals surface area contributed by atoms with Gasteiger partial charge in [0.15, 0.2) is 0 Å². The molecule has 0 spiro atoms. The number of hydrogen-bond acceptors (Lipinski definition) is 6. The standard InChI is InChI=1S/C21H18F3N3O4/c1-2-30-20(29)13-6-8-16(9-7-13)25-17(28)10-11-18-26-19(27-31-18)14-4-3-5-15(12-14)21(22,23)24/h3-9,12H,2,10-11H2,1H3,(H,25,28). The molecule has 1 heterocycles. The number of alkyl halides is 3. The van der Waals surface area contributed by atoms with Gasteiger partial charge in [0.2, 0.25) is 17.6 Å². The highest BCUT2D eigenvalue weighted by molar-refractivity contribution is 5.93. The number of hydrogen-bond donors (Lipinski definition) is 1. The topological polar surface area (TPSA) is 94.3 Å². The largest absolute Gasteiger partial charge is 0.462 e. The summed E-state index contributed by atoms with van der Waals surface area (Å²) in [5.74, 6) is -0.646. The molecular weight excluding hydrogens is 415 g/mol. The molecular formula is C21H18F3N3O4. The zero-order valence-corrected chi connectivity index (χ0v) is 16.4. The summed E-state index contributed by atoms with van der Waals surface area (Å²) in [6.45, 7) is 1.97. The van der Waals surface area contributed by atoms with Gasteiger partial charge in [0.25, 0.3) is 0 Å². The van der Waals surface area contributed by atoms with Gasteiger partial charge in [0.05, 0.1) is 17.7 Å². The van der Waals surface area contributed by atoms with Crippen molar-refractivity contribution in [3.63, 3.8) is 0 Å². The van der Waals surface area contributed by atoms with Gasteiger partial charge in [-0.3, -0.25) is 4.79 Å². The lowest BCUT2D eigenvalue weighted by atomic mass is 10.1. The maximum atomic E-state index is 12.8. The lowest BCUT2D eigenvalue weighted by Crippen LogP contribution is -2.12. The van der Waals surface area contributed by atoms with E-state index in [0.717, 1.165) is 12.1 Å². The first-order valence-electron chi connectivity index (χ1n) is 9.33. The van der Waals surface area contributed by atoms with Crippen LogP contribution in [0.3, 0.4) is 0 Å². The molecule has 0 aliphatic rings. The van der Waals surface area contributed by atoms with Gasteiger partial charge in [-0.25, -0.2) is 4.79 Å². The van der Waals surface area contributed by atoms with Crippen LogP contribution in [0, 0.1) is 0 Å². The predicted octanol–water partition coefficient (Wildman–Crippen LogP) is 4.50. The van der Waals surface area contributed by atoms with Crippen molar-refractivity contribution in [3.05, 3.63) is 65.5 Å². The Balaban J connectivity index is 1.56. The minimum Gasteiger partial charge on any atom is -0.462 e. The summed E-state index contributed by atoms with van der Waals surface area (Å²) in [5.41, 5.74) is 0.210. The fourth-order valence-corrected chi connectivity index (χ4v) is 2.66. The third-order valence-electron chi connectivity index (χ3n) is 4.16. The average molecular weight is 433 g/mol. The number of aryl methyl sites for hydroxylation is 1. The molecule has 3 aromatic rings. The number of halogens is 3. The number of nitrogens with zero attached hydrogens (tertiary/aromatic N) is 2. The van der Waals surface area contributed by atoms with Crippen LogP contribution < -0.4 is 5.32 Å². The van der Waals surface area contributed by atoms with E-state index in [1.54, 1.807) is 19.1 Å². The summed E-state index contributed by atoms with van der Waals surface area (Å²) in [5, 5.41) is 6.35. The van der Waals surface area contributed by atoms with Crippen molar-refractivity contribution in [1.82, 2.24) is 10.1 Å². The van der Waals surface area contributed by atoms with Crippen LogP contribution >= 0.6 is 0 Å². The fourth-order valence-electron chi connectivity index (χ4n) is 2.66. The van der Waals surface area contributed by atoms with Crippen LogP contribution in [0.15, 0.2) is 53.1 Å². The molecule has 31 heavy (non-hydrogen) atoms. The molecule has 0 aliphatic carbocycles. The molecule has 7 nitrogen and oxygen atoms in total. The summed E-state index contributed by atoms with van der Waals surface area (Å²) < 4.78 is 48.5. The molecule has 0 atom stereocenters. The normalized spacial score (nSPS) is 11.2. The minimum absolute atomic E-state index is 0.0102. The molecule has 3 rings (SSSR count). The van der Waals surface area contributed by atoms with Gasteiger partial charge in [-0.1, -0.05) is 17.3 Å². The van der Waals surface area contributed by atoms with Crippen molar-refractivity contribution in [2.24, 2.45) is 0 Å². The van der Waals surface area contributed by atoms with Crippen molar-refractivity contribution in [2.45, 2.75) is 25.9 Å². The Labute approximate surface area is 175 Å². The van der Waals surface area contributed by atoms with E-state index in [4.69, 9.17) is 9.26 Å². The van der Waals surface area contributed by atoms with Crippen LogP contribution in [0.4, 0.5) is 18.9 Å². The van der Waals surface area contributed by atoms with E-state index in [-0.39, 0.29) is 42.6 Å². The quantitative estimate of drug-likeness (QED) is 0.551. The predicted molar refractivity (Wildman–Crippen MR) is 104 cm³/mol. The van der Waals surface area contributed by atoms with Crippen molar-refractivity contribution >= 4 is 17.6 Å². The van der Waals surface area contributed by atoms with Gasteiger partial charge in [-0.2, -0.15) is 18.2 Å². The zero-order valence-electron chi connectivity index (χ0n) is 16.4. The highest BCUT2D eigenvalue weighted by Gasteiger charge is 2.30. The van der Waals surface area contributed by atoms with Gasteiger partial charge >= 0.3 is 12.1 Å². The van der Waals surface area contributed by atoms with Gasteiger partial charge < -0.3 is 14.6 Å². The highest BCUT2D eigenvalue weighted by atomic mass is 19.4. The molecule has 162 valence electrons. The van der Waals surface area contributed by atoms with Gasteiger partial charge in [-0.05, 0) is 43.3 Å². The Morgan fingerprint density at radius 1 is 1.13 bits per heavy atom. The Morgan fingerprint density at radius 3 is 2.55 bits per heavy atom. The number of anilines is 1. The maximum absolute atomic E-state index is 12.8. The number of ether oxygens (including phenoxy) is 1. The molecule has 1 aromatic heterocycles. The smallest absolute Gasteiger partial charge is 0.416 e. The number of benzene rings is 2. The Kier molecular flexibility index (Phi) is 6.68. The second-order valence-electron chi connectivity index (χ2n) is 6.44. The Bertz CT molecular complexity index is 1060. The number of nitrogens with one attached hydrogen (secondary N) is 1. The molecule has 0 saturated carbocycles. The maximum Gasteiger partial charge on any atom is 0.416 e. The Morgan fingerprint density at radius 2 is 1.87 bits per heavy atom. The van der Waals surface area contributed by atoms with Gasteiger partial charge in [-0.15, -0.1) is 0 Å². The van der Waals surface area contributed by atoms with Crippen LogP contribution in [0.25, 0.3) is 11.4 Å². The minimum atomic E-state index is -4.48. The van der Waals surface area contributed by atoms with E-state index in [9.17, 15) is 22.8 Å². The molecule has 1 N–H and O–H groups in total. The van der Waals surface area contributed by atoms with E-state index >= 15 is 0 Å². The number of rotatable bonds is 7. The van der Waals surface area contributed by atoms with E-state index in [1.807, 2.05) is 0 Å². The summed E-state index contributed by atoms with van der Waals surface area (Å²) in [6, 6.07) is 10.8. The van der Waals surface area contributed by atoms with E-state index in [2.05, 4.69) is 15.5 Å².